The number of halogens is 1. The van der Waals surface area contributed by atoms with E-state index in [0.29, 0.717) is 17.6 Å². The summed E-state index contributed by atoms with van der Waals surface area (Å²) in [5.74, 6) is 0.198. The molecule has 1 amide bonds. The maximum Gasteiger partial charge on any atom is 0.254 e. The van der Waals surface area contributed by atoms with Gasteiger partial charge in [0.15, 0.2) is 0 Å². The van der Waals surface area contributed by atoms with E-state index in [9.17, 15) is 4.79 Å². The summed E-state index contributed by atoms with van der Waals surface area (Å²) in [7, 11) is 0. The van der Waals surface area contributed by atoms with Crippen molar-refractivity contribution in [2.75, 3.05) is 0 Å². The Morgan fingerprint density at radius 3 is 2.62 bits per heavy atom. The SMILES string of the molecule is CC(C)c1ncncc1C(=O)NC1CC2CCC(C1)N2.Cl. The minimum Gasteiger partial charge on any atom is -0.349 e. The summed E-state index contributed by atoms with van der Waals surface area (Å²) in [5, 5.41) is 6.76. The molecule has 0 aromatic carbocycles. The van der Waals surface area contributed by atoms with Crippen LogP contribution in [0.2, 0.25) is 0 Å². The number of nitrogens with one attached hydrogen (secondary N) is 2. The highest BCUT2D eigenvalue weighted by atomic mass is 35.5. The average Bonchev–Trinajstić information content (AvgIpc) is 2.78. The Hall–Kier alpha value is -1.20. The van der Waals surface area contributed by atoms with Crippen LogP contribution in [0.5, 0.6) is 0 Å². The zero-order valence-corrected chi connectivity index (χ0v) is 13.3. The molecule has 3 rings (SSSR count). The van der Waals surface area contributed by atoms with Crippen molar-refractivity contribution in [3.05, 3.63) is 23.8 Å². The van der Waals surface area contributed by atoms with Crippen molar-refractivity contribution >= 4 is 18.3 Å². The van der Waals surface area contributed by atoms with Crippen LogP contribution in [0.1, 0.15) is 61.5 Å². The van der Waals surface area contributed by atoms with E-state index in [1.807, 2.05) is 13.8 Å². The number of carbonyl (C=O) groups is 1. The van der Waals surface area contributed by atoms with Crippen molar-refractivity contribution in [3.63, 3.8) is 0 Å². The van der Waals surface area contributed by atoms with Gasteiger partial charge in [-0.05, 0) is 31.6 Å². The summed E-state index contributed by atoms with van der Waals surface area (Å²) in [5.41, 5.74) is 1.45. The van der Waals surface area contributed by atoms with Gasteiger partial charge in [0.2, 0.25) is 0 Å². The third kappa shape index (κ3) is 3.52. The number of amides is 1. The van der Waals surface area contributed by atoms with E-state index in [-0.39, 0.29) is 30.3 Å². The van der Waals surface area contributed by atoms with Crippen LogP contribution >= 0.6 is 12.4 Å². The molecule has 1 aromatic rings. The molecular weight excluding hydrogens is 288 g/mol. The van der Waals surface area contributed by atoms with Gasteiger partial charge in [0.1, 0.15) is 6.33 Å². The third-order valence-corrected chi connectivity index (χ3v) is 4.34. The molecule has 0 spiro atoms. The van der Waals surface area contributed by atoms with Crippen molar-refractivity contribution in [2.45, 2.75) is 63.6 Å². The van der Waals surface area contributed by atoms with Crippen molar-refractivity contribution in [2.24, 2.45) is 0 Å². The van der Waals surface area contributed by atoms with E-state index < -0.39 is 0 Å². The van der Waals surface area contributed by atoms with Crippen molar-refractivity contribution < 1.29 is 4.79 Å². The molecule has 5 nitrogen and oxygen atoms in total. The van der Waals surface area contributed by atoms with Crippen LogP contribution in [0.4, 0.5) is 0 Å². The Morgan fingerprint density at radius 2 is 2.00 bits per heavy atom. The Kier molecular flexibility index (Phi) is 5.17. The van der Waals surface area contributed by atoms with Crippen molar-refractivity contribution in [1.29, 1.82) is 0 Å². The van der Waals surface area contributed by atoms with E-state index >= 15 is 0 Å². The molecular formula is C15H23ClN4O. The summed E-state index contributed by atoms with van der Waals surface area (Å²) in [4.78, 5) is 20.7. The van der Waals surface area contributed by atoms with Crippen LogP contribution in [0.15, 0.2) is 12.5 Å². The molecule has 0 aliphatic carbocycles. The highest BCUT2D eigenvalue weighted by molar-refractivity contribution is 5.95. The number of hydrogen-bond donors (Lipinski definition) is 2. The average molecular weight is 311 g/mol. The second-order valence-electron chi connectivity index (χ2n) is 6.26. The van der Waals surface area contributed by atoms with Gasteiger partial charge in [-0.1, -0.05) is 13.8 Å². The number of hydrogen-bond acceptors (Lipinski definition) is 4. The molecule has 2 unspecified atom stereocenters. The van der Waals surface area contributed by atoms with E-state index in [2.05, 4.69) is 20.6 Å². The number of rotatable bonds is 3. The number of aromatic nitrogens is 2. The lowest BCUT2D eigenvalue weighted by molar-refractivity contribution is 0.0921. The largest absolute Gasteiger partial charge is 0.349 e. The molecule has 116 valence electrons. The highest BCUT2D eigenvalue weighted by Crippen LogP contribution is 2.27. The maximum absolute atomic E-state index is 12.5. The van der Waals surface area contributed by atoms with Crippen molar-refractivity contribution in [3.8, 4) is 0 Å². The van der Waals surface area contributed by atoms with Gasteiger partial charge in [0.25, 0.3) is 5.91 Å². The van der Waals surface area contributed by atoms with Gasteiger partial charge in [-0.3, -0.25) is 4.79 Å². The lowest BCUT2D eigenvalue weighted by Crippen LogP contribution is -2.48. The topological polar surface area (TPSA) is 66.9 Å². The van der Waals surface area contributed by atoms with E-state index in [1.54, 1.807) is 6.20 Å². The first-order valence-corrected chi connectivity index (χ1v) is 7.50. The predicted octanol–water partition coefficient (Wildman–Crippen LogP) is 2.03. The lowest BCUT2D eigenvalue weighted by Gasteiger charge is -2.29. The first-order chi connectivity index (χ1) is 9.63. The molecule has 2 fully saturated rings. The molecule has 2 N–H and O–H groups in total. The molecule has 2 atom stereocenters. The molecule has 2 aliphatic rings. The first kappa shape index (κ1) is 16.2. The Balaban J connectivity index is 0.00000161. The van der Waals surface area contributed by atoms with Crippen molar-refractivity contribution in [1.82, 2.24) is 20.6 Å². The summed E-state index contributed by atoms with van der Waals surface area (Å²) in [6, 6.07) is 1.44. The van der Waals surface area contributed by atoms with Gasteiger partial charge < -0.3 is 10.6 Å². The second-order valence-corrected chi connectivity index (χ2v) is 6.26. The van der Waals surface area contributed by atoms with E-state index in [4.69, 9.17) is 0 Å². The van der Waals surface area contributed by atoms with Gasteiger partial charge in [-0.2, -0.15) is 0 Å². The maximum atomic E-state index is 12.5. The zero-order chi connectivity index (χ0) is 14.1. The summed E-state index contributed by atoms with van der Waals surface area (Å²) >= 11 is 0. The fraction of sp³-hybridized carbons (Fsp3) is 0.667. The third-order valence-electron chi connectivity index (χ3n) is 4.34. The quantitative estimate of drug-likeness (QED) is 0.896. The Labute approximate surface area is 131 Å². The number of fused-ring (bicyclic) bond motifs is 2. The standard InChI is InChI=1S/C15H22N4O.ClH/c1-9(2)14-13(7-16-8-17-14)15(20)19-12-5-10-3-4-11(6-12)18-10;/h7-12,18H,3-6H2,1-2H3,(H,19,20);1H. The number of piperidine rings is 1. The summed E-state index contributed by atoms with van der Waals surface area (Å²) in [6.07, 6.45) is 7.69. The molecule has 21 heavy (non-hydrogen) atoms. The Morgan fingerprint density at radius 1 is 1.33 bits per heavy atom. The molecule has 2 saturated heterocycles. The molecule has 2 aliphatic heterocycles. The fourth-order valence-corrected chi connectivity index (χ4v) is 3.41. The van der Waals surface area contributed by atoms with E-state index in [0.717, 1.165) is 18.5 Å². The summed E-state index contributed by atoms with van der Waals surface area (Å²) in [6.45, 7) is 4.09. The number of carbonyl (C=O) groups excluding carboxylic acids is 1. The van der Waals surface area contributed by atoms with Crippen LogP contribution in [0.25, 0.3) is 0 Å². The van der Waals surface area contributed by atoms with Crippen LogP contribution < -0.4 is 10.6 Å². The van der Waals surface area contributed by atoms with Gasteiger partial charge in [-0.25, -0.2) is 9.97 Å². The monoisotopic (exact) mass is 310 g/mol. The predicted molar refractivity (Wildman–Crippen MR) is 83.8 cm³/mol. The molecule has 0 saturated carbocycles. The first-order valence-electron chi connectivity index (χ1n) is 7.50. The molecule has 1 aromatic heterocycles. The number of nitrogens with zero attached hydrogens (tertiary/aromatic N) is 2. The zero-order valence-electron chi connectivity index (χ0n) is 12.5. The highest BCUT2D eigenvalue weighted by Gasteiger charge is 2.34. The van der Waals surface area contributed by atoms with Crippen LogP contribution in [-0.2, 0) is 0 Å². The van der Waals surface area contributed by atoms with Gasteiger partial charge in [0, 0.05) is 24.3 Å². The minimum atomic E-state index is -0.0272. The fourth-order valence-electron chi connectivity index (χ4n) is 3.41. The van der Waals surface area contributed by atoms with Crippen LogP contribution in [0, 0.1) is 0 Å². The summed E-state index contributed by atoms with van der Waals surface area (Å²) < 4.78 is 0. The second kappa shape index (κ2) is 6.71. The normalized spacial score (nSPS) is 27.3. The smallest absolute Gasteiger partial charge is 0.254 e. The molecule has 6 heteroatoms. The van der Waals surface area contributed by atoms with E-state index in [1.165, 1.54) is 19.2 Å². The van der Waals surface area contributed by atoms with Crippen LogP contribution in [-0.4, -0.2) is 34.0 Å². The van der Waals surface area contributed by atoms with Gasteiger partial charge in [-0.15, -0.1) is 12.4 Å². The van der Waals surface area contributed by atoms with Gasteiger partial charge in [0.05, 0.1) is 11.3 Å². The molecule has 3 heterocycles. The molecule has 0 radical (unpaired) electrons. The minimum absolute atomic E-state index is 0. The lowest BCUT2D eigenvalue weighted by atomic mass is 9.98. The van der Waals surface area contributed by atoms with Gasteiger partial charge >= 0.3 is 0 Å². The van der Waals surface area contributed by atoms with Crippen LogP contribution in [0.3, 0.4) is 0 Å². The Bertz CT molecular complexity index is 496. The molecule has 2 bridgehead atoms.